The fraction of sp³-hybridized carbons (Fsp3) is 0. The van der Waals surface area contributed by atoms with E-state index in [4.69, 9.17) is 5.11 Å². The zero-order valence-corrected chi connectivity index (χ0v) is 5.35. The minimum absolute atomic E-state index is 0.185. The Labute approximate surface area is 57.3 Å². The summed E-state index contributed by atoms with van der Waals surface area (Å²) >= 11 is 0. The summed E-state index contributed by atoms with van der Waals surface area (Å²) in [5, 5.41) is 9.50. The Balaban J connectivity index is 3.46. The molecule has 3 heteroatoms. The molecule has 0 aliphatic carbocycles. The molecule has 0 aromatic carbocycles. The summed E-state index contributed by atoms with van der Waals surface area (Å²) in [4.78, 5) is 13.0. The molecule has 0 spiro atoms. The quantitative estimate of drug-likeness (QED) is 0.550. The highest BCUT2D eigenvalue weighted by Crippen LogP contribution is 1.82. The van der Waals surface area contributed by atoms with Crippen LogP contribution in [0.15, 0.2) is 6.20 Å². The van der Waals surface area contributed by atoms with Crippen molar-refractivity contribution in [2.45, 2.75) is 0 Å². The van der Waals surface area contributed by atoms with Gasteiger partial charge in [0.15, 0.2) is 0 Å². The second-order valence-electron chi connectivity index (χ2n) is 1.96. The molecular formula is C7H7NO2. The Hall–Kier alpha value is -1.51. The molecule has 1 aromatic rings. The van der Waals surface area contributed by atoms with Crippen LogP contribution in [0.4, 0.5) is 0 Å². The number of nitrogens with one attached hydrogen (secondary N) is 1. The van der Waals surface area contributed by atoms with Gasteiger partial charge < -0.3 is 10.1 Å². The first-order valence-corrected chi connectivity index (χ1v) is 2.71. The van der Waals surface area contributed by atoms with E-state index in [1.165, 1.54) is 6.20 Å². The maximum absolute atomic E-state index is 10.3. The number of H-pyrrole nitrogens is 1. The van der Waals surface area contributed by atoms with Crippen molar-refractivity contribution in [1.29, 1.82) is 0 Å². The highest BCUT2D eigenvalue weighted by molar-refractivity contribution is 5.87. The van der Waals surface area contributed by atoms with E-state index < -0.39 is 5.97 Å². The number of carbonyl (C=O) groups is 1. The monoisotopic (exact) mass is 137 g/mol. The van der Waals surface area contributed by atoms with E-state index in [-0.39, 0.29) is 5.56 Å². The molecule has 1 rings (SSSR count). The second kappa shape index (κ2) is 2.02. The maximum atomic E-state index is 10.3. The van der Waals surface area contributed by atoms with Gasteiger partial charge in [-0.05, 0) is 0 Å². The zero-order chi connectivity index (χ0) is 7.72. The molecule has 0 aliphatic heterocycles. The molecule has 0 bridgehead atoms. The third kappa shape index (κ3) is 0.815. The molecule has 3 nitrogen and oxygen atoms in total. The summed E-state index contributed by atoms with van der Waals surface area (Å²) in [6.45, 7) is 7.07. The molecule has 0 saturated carbocycles. The number of hydrogen-bond acceptors (Lipinski definition) is 1. The summed E-state index contributed by atoms with van der Waals surface area (Å²) in [6.07, 6.45) is 1.38. The Morgan fingerprint density at radius 1 is 1.60 bits per heavy atom. The van der Waals surface area contributed by atoms with E-state index >= 15 is 0 Å². The molecular weight excluding hydrogens is 130 g/mol. The fourth-order valence-corrected chi connectivity index (χ4v) is 0.687. The van der Waals surface area contributed by atoms with Crippen LogP contribution in [0.3, 0.4) is 0 Å². The van der Waals surface area contributed by atoms with Crippen LogP contribution in [0, 0.1) is 0 Å². The number of aromatic carboxylic acids is 1. The largest absolute Gasteiger partial charge is 0.478 e. The lowest BCUT2D eigenvalue weighted by molar-refractivity contribution is 0.0696. The van der Waals surface area contributed by atoms with Crippen molar-refractivity contribution in [2.24, 2.45) is 0 Å². The van der Waals surface area contributed by atoms with Crippen molar-refractivity contribution < 1.29 is 9.90 Å². The van der Waals surface area contributed by atoms with Gasteiger partial charge in [-0.2, -0.15) is 0 Å². The molecule has 2 N–H and O–H groups in total. The molecule has 1 aromatic heterocycles. The Kier molecular flexibility index (Phi) is 1.34. The van der Waals surface area contributed by atoms with E-state index in [1.54, 1.807) is 0 Å². The van der Waals surface area contributed by atoms with Crippen LogP contribution in [0.1, 0.15) is 10.4 Å². The van der Waals surface area contributed by atoms with Gasteiger partial charge in [0.1, 0.15) is 0 Å². The van der Waals surface area contributed by atoms with E-state index in [1.807, 2.05) is 0 Å². The molecule has 0 fully saturated rings. The predicted octanol–water partition coefficient (Wildman–Crippen LogP) is -0.466. The number of aromatic nitrogens is 1. The van der Waals surface area contributed by atoms with Crippen LogP contribution < -0.4 is 10.6 Å². The number of carboxylic acids is 1. The molecule has 0 radical (unpaired) electrons. The van der Waals surface area contributed by atoms with E-state index in [0.717, 1.165) is 0 Å². The Morgan fingerprint density at radius 2 is 2.20 bits per heavy atom. The molecule has 0 unspecified atom stereocenters. The summed E-state index contributed by atoms with van der Waals surface area (Å²) in [5.74, 6) is -0.976. The zero-order valence-electron chi connectivity index (χ0n) is 5.35. The number of hydrogen-bond donors (Lipinski definition) is 2. The van der Waals surface area contributed by atoms with Crippen LogP contribution in [0.5, 0.6) is 0 Å². The molecule has 0 aliphatic rings. The van der Waals surface area contributed by atoms with Gasteiger partial charge >= 0.3 is 5.97 Å². The van der Waals surface area contributed by atoms with Crippen LogP contribution in [0.25, 0.3) is 13.2 Å². The number of carboxylic acid groups (broad SMARTS) is 1. The fourth-order valence-electron chi connectivity index (χ4n) is 0.687. The van der Waals surface area contributed by atoms with Crippen LogP contribution in [-0.4, -0.2) is 16.1 Å². The van der Waals surface area contributed by atoms with E-state index in [0.29, 0.717) is 10.6 Å². The molecule has 0 atom stereocenters. The van der Waals surface area contributed by atoms with Gasteiger partial charge in [0.25, 0.3) is 0 Å². The van der Waals surface area contributed by atoms with Crippen molar-refractivity contribution in [3.8, 4) is 0 Å². The number of rotatable bonds is 1. The molecule has 0 amide bonds. The van der Waals surface area contributed by atoms with Gasteiger partial charge in [0, 0.05) is 16.8 Å². The lowest BCUT2D eigenvalue weighted by Gasteiger charge is -1.81. The molecule has 0 saturated heterocycles. The van der Waals surface area contributed by atoms with Crippen LogP contribution in [0.2, 0.25) is 0 Å². The van der Waals surface area contributed by atoms with Gasteiger partial charge in [-0.25, -0.2) is 4.79 Å². The van der Waals surface area contributed by atoms with Gasteiger partial charge in [0.05, 0.1) is 5.56 Å². The van der Waals surface area contributed by atoms with Crippen molar-refractivity contribution in [2.75, 3.05) is 0 Å². The molecule has 10 heavy (non-hydrogen) atoms. The SMILES string of the molecule is C=c1[nH]cc(C(=O)O)c1=C. The van der Waals surface area contributed by atoms with Gasteiger partial charge in [0.2, 0.25) is 0 Å². The first-order chi connectivity index (χ1) is 4.63. The third-order valence-corrected chi connectivity index (χ3v) is 1.31. The minimum Gasteiger partial charge on any atom is -0.478 e. The first kappa shape index (κ1) is 6.61. The maximum Gasteiger partial charge on any atom is 0.337 e. The van der Waals surface area contributed by atoms with Gasteiger partial charge in [-0.15, -0.1) is 0 Å². The lowest BCUT2D eigenvalue weighted by Crippen LogP contribution is -2.23. The highest BCUT2D eigenvalue weighted by Gasteiger charge is 2.03. The molecule has 52 valence electrons. The summed E-state index contributed by atoms with van der Waals surface area (Å²) < 4.78 is 0. The topological polar surface area (TPSA) is 53.1 Å². The van der Waals surface area contributed by atoms with E-state index in [9.17, 15) is 4.79 Å². The highest BCUT2D eigenvalue weighted by atomic mass is 16.4. The first-order valence-electron chi connectivity index (χ1n) is 2.71. The third-order valence-electron chi connectivity index (χ3n) is 1.31. The van der Waals surface area contributed by atoms with Crippen molar-refractivity contribution in [1.82, 2.24) is 4.98 Å². The average Bonchev–Trinajstić information content (AvgIpc) is 2.14. The predicted molar refractivity (Wildman–Crippen MR) is 38.0 cm³/mol. The summed E-state index contributed by atoms with van der Waals surface area (Å²) in [6, 6.07) is 0. The summed E-state index contributed by atoms with van der Waals surface area (Å²) in [5.41, 5.74) is 0.185. The van der Waals surface area contributed by atoms with Gasteiger partial charge in [-0.1, -0.05) is 13.2 Å². The Bertz CT molecular complexity index is 350. The van der Waals surface area contributed by atoms with Crippen LogP contribution >= 0.6 is 0 Å². The molecule has 1 heterocycles. The second-order valence-corrected chi connectivity index (χ2v) is 1.96. The van der Waals surface area contributed by atoms with E-state index in [2.05, 4.69) is 18.1 Å². The van der Waals surface area contributed by atoms with Crippen LogP contribution in [-0.2, 0) is 0 Å². The lowest BCUT2D eigenvalue weighted by atomic mass is 10.3. The van der Waals surface area contributed by atoms with Crippen molar-refractivity contribution in [3.05, 3.63) is 22.3 Å². The minimum atomic E-state index is -0.976. The van der Waals surface area contributed by atoms with Crippen molar-refractivity contribution >= 4 is 19.1 Å². The Morgan fingerprint density at radius 3 is 2.40 bits per heavy atom. The smallest absolute Gasteiger partial charge is 0.337 e. The normalized spacial score (nSPS) is 9.60. The number of aromatic amines is 1. The average molecular weight is 137 g/mol. The van der Waals surface area contributed by atoms with Gasteiger partial charge in [-0.3, -0.25) is 0 Å². The summed E-state index contributed by atoms with van der Waals surface area (Å²) in [7, 11) is 0. The van der Waals surface area contributed by atoms with Crippen molar-refractivity contribution in [3.63, 3.8) is 0 Å². The standard InChI is InChI=1S/C7H7NO2/c1-4-5(2)8-3-6(4)7(9)10/h3,8H,1-2H2,(H,9,10).